The van der Waals surface area contributed by atoms with Gasteiger partial charge in [-0.15, -0.1) is 0 Å². The van der Waals surface area contributed by atoms with Crippen LogP contribution in [0.25, 0.3) is 0 Å². The molecule has 0 aliphatic rings. The molecule has 40 heavy (non-hydrogen) atoms. The third kappa shape index (κ3) is 7.11. The topological polar surface area (TPSA) is 86.8 Å². The number of carbonyl (C=O) groups is 2. The van der Waals surface area contributed by atoms with Crippen LogP contribution in [-0.4, -0.2) is 44.8 Å². The van der Waals surface area contributed by atoms with Crippen molar-refractivity contribution in [2.75, 3.05) is 17.9 Å². The smallest absolute Gasteiger partial charge is 0.357 e. The van der Waals surface area contributed by atoms with Crippen LogP contribution >= 0.6 is 11.6 Å². The predicted octanol–water partition coefficient (Wildman–Crippen LogP) is 5.25. The van der Waals surface area contributed by atoms with E-state index in [1.54, 1.807) is 13.0 Å². The number of sulfonamides is 1. The van der Waals surface area contributed by atoms with Gasteiger partial charge in [0.25, 0.3) is 10.0 Å². The number of halogens is 5. The fourth-order valence-corrected chi connectivity index (χ4v) is 5.66. The number of nitrogens with one attached hydrogen (secondary N) is 1. The summed E-state index contributed by atoms with van der Waals surface area (Å²) in [5.41, 5.74) is -1.29. The van der Waals surface area contributed by atoms with E-state index in [0.29, 0.717) is 15.9 Å². The zero-order chi connectivity index (χ0) is 29.7. The van der Waals surface area contributed by atoms with Crippen LogP contribution in [0.2, 0.25) is 5.02 Å². The van der Waals surface area contributed by atoms with E-state index in [4.69, 9.17) is 11.6 Å². The number of nitrogens with zero attached hydrogens (tertiary/aromatic N) is 2. The van der Waals surface area contributed by atoms with Crippen molar-refractivity contribution in [1.82, 2.24) is 10.2 Å². The van der Waals surface area contributed by atoms with Crippen LogP contribution in [0.5, 0.6) is 0 Å². The number of hydrogen-bond acceptors (Lipinski definition) is 4. The van der Waals surface area contributed by atoms with Crippen LogP contribution in [0.15, 0.2) is 77.7 Å². The molecule has 214 valence electrons. The average Bonchev–Trinajstić information content (AvgIpc) is 2.92. The van der Waals surface area contributed by atoms with Crippen LogP contribution in [0.1, 0.15) is 24.5 Å². The van der Waals surface area contributed by atoms with Gasteiger partial charge in [0.1, 0.15) is 18.4 Å². The third-order valence-electron chi connectivity index (χ3n) is 6.05. The molecule has 0 aliphatic heterocycles. The normalized spacial score (nSPS) is 12.5. The van der Waals surface area contributed by atoms with Crippen LogP contribution in [0, 0.1) is 5.82 Å². The molecule has 1 N–H and O–H groups in total. The standard InChI is InChI=1S/C27H26ClF4N3O4S/c1-3-24(26(37)33-2)34(16-18-9-11-19(29)12-10-18)25(36)17-35(40(38,39)21-7-5-4-6-8-21)20-13-14-23(28)22(15-20)27(30,31)32/h4-15,24H,3,16-17H2,1-2H3,(H,33,37)/t24-/m0/s1. The first kappa shape index (κ1) is 30.9. The number of amides is 2. The van der Waals surface area contributed by atoms with Crippen molar-refractivity contribution >= 4 is 39.1 Å². The Morgan fingerprint density at radius 2 is 1.62 bits per heavy atom. The molecule has 0 fully saturated rings. The fourth-order valence-electron chi connectivity index (χ4n) is 4.01. The Hall–Kier alpha value is -3.64. The van der Waals surface area contributed by atoms with Gasteiger partial charge in [-0.05, 0) is 54.4 Å². The molecule has 0 saturated heterocycles. The quantitative estimate of drug-likeness (QED) is 0.323. The number of benzene rings is 3. The Morgan fingerprint density at radius 1 is 1.00 bits per heavy atom. The van der Waals surface area contributed by atoms with Crippen molar-refractivity contribution in [3.05, 3.63) is 94.8 Å². The van der Waals surface area contributed by atoms with Crippen molar-refractivity contribution in [2.24, 2.45) is 0 Å². The molecule has 0 bridgehead atoms. The summed E-state index contributed by atoms with van der Waals surface area (Å²) in [6.45, 7) is 0.502. The maximum atomic E-state index is 13.8. The van der Waals surface area contributed by atoms with E-state index in [2.05, 4.69) is 5.32 Å². The lowest BCUT2D eigenvalue weighted by Crippen LogP contribution is -2.51. The monoisotopic (exact) mass is 599 g/mol. The summed E-state index contributed by atoms with van der Waals surface area (Å²) in [5, 5.41) is 1.80. The van der Waals surface area contributed by atoms with E-state index < -0.39 is 62.7 Å². The van der Waals surface area contributed by atoms with Gasteiger partial charge < -0.3 is 10.2 Å². The number of hydrogen-bond donors (Lipinski definition) is 1. The van der Waals surface area contributed by atoms with Crippen molar-refractivity contribution in [3.63, 3.8) is 0 Å². The Kier molecular flexibility index (Phi) is 9.80. The van der Waals surface area contributed by atoms with Gasteiger partial charge in [0.15, 0.2) is 0 Å². The second-order valence-electron chi connectivity index (χ2n) is 8.67. The molecule has 2 amide bonds. The second kappa shape index (κ2) is 12.7. The lowest BCUT2D eigenvalue weighted by Gasteiger charge is -2.33. The zero-order valence-electron chi connectivity index (χ0n) is 21.5. The van der Waals surface area contributed by atoms with Crippen molar-refractivity contribution in [2.45, 2.75) is 37.0 Å². The molecule has 3 rings (SSSR count). The first-order chi connectivity index (χ1) is 18.8. The molecule has 0 saturated carbocycles. The second-order valence-corrected chi connectivity index (χ2v) is 10.9. The molecule has 0 aromatic heterocycles. The van der Waals surface area contributed by atoms with Gasteiger partial charge in [0, 0.05) is 13.6 Å². The van der Waals surface area contributed by atoms with Crippen LogP contribution in [0.4, 0.5) is 23.2 Å². The van der Waals surface area contributed by atoms with E-state index in [-0.39, 0.29) is 17.9 Å². The van der Waals surface area contributed by atoms with Gasteiger partial charge in [-0.1, -0.05) is 48.9 Å². The number of anilines is 1. The van der Waals surface area contributed by atoms with Gasteiger partial charge in [-0.2, -0.15) is 13.2 Å². The maximum absolute atomic E-state index is 13.8. The first-order valence-corrected chi connectivity index (χ1v) is 13.8. The van der Waals surface area contributed by atoms with Crippen LogP contribution in [-0.2, 0) is 32.3 Å². The SMILES string of the molecule is CC[C@@H](C(=O)NC)N(Cc1ccc(F)cc1)C(=O)CN(c1ccc(Cl)c(C(F)(F)F)c1)S(=O)(=O)c1ccccc1. The molecule has 0 aliphatic carbocycles. The van der Waals surface area contributed by atoms with Crippen molar-refractivity contribution < 1.29 is 35.6 Å². The van der Waals surface area contributed by atoms with E-state index >= 15 is 0 Å². The summed E-state index contributed by atoms with van der Waals surface area (Å²) >= 11 is 5.75. The van der Waals surface area contributed by atoms with E-state index in [1.807, 2.05) is 0 Å². The van der Waals surface area contributed by atoms with Crippen molar-refractivity contribution in [3.8, 4) is 0 Å². The molecule has 7 nitrogen and oxygen atoms in total. The zero-order valence-corrected chi connectivity index (χ0v) is 23.0. The molecule has 3 aromatic carbocycles. The molecule has 0 radical (unpaired) electrons. The van der Waals surface area contributed by atoms with E-state index in [9.17, 15) is 35.6 Å². The van der Waals surface area contributed by atoms with Crippen LogP contribution in [0.3, 0.4) is 0 Å². The Labute approximate surface area is 234 Å². The van der Waals surface area contributed by atoms with Gasteiger partial charge in [-0.3, -0.25) is 13.9 Å². The highest BCUT2D eigenvalue weighted by molar-refractivity contribution is 7.92. The van der Waals surface area contributed by atoms with Crippen LogP contribution < -0.4 is 9.62 Å². The van der Waals surface area contributed by atoms with Crippen molar-refractivity contribution in [1.29, 1.82) is 0 Å². The summed E-state index contributed by atoms with van der Waals surface area (Å²) < 4.78 is 82.4. The number of likely N-dealkylation sites (N-methyl/N-ethyl adjacent to an activating group) is 1. The molecule has 0 unspecified atom stereocenters. The summed E-state index contributed by atoms with van der Waals surface area (Å²) in [6.07, 6.45) is -4.77. The van der Waals surface area contributed by atoms with Gasteiger partial charge >= 0.3 is 6.18 Å². The minimum absolute atomic E-state index is 0.136. The molecular formula is C27H26ClF4N3O4S. The minimum atomic E-state index is -4.90. The van der Waals surface area contributed by atoms with Gasteiger partial charge in [-0.25, -0.2) is 12.8 Å². The molecule has 0 heterocycles. The summed E-state index contributed by atoms with van der Waals surface area (Å²) in [5.74, 6) is -1.94. The van der Waals surface area contributed by atoms with E-state index in [0.717, 1.165) is 29.2 Å². The lowest BCUT2D eigenvalue weighted by atomic mass is 10.1. The highest BCUT2D eigenvalue weighted by atomic mass is 35.5. The fraction of sp³-hybridized carbons (Fsp3) is 0.259. The predicted molar refractivity (Wildman–Crippen MR) is 143 cm³/mol. The van der Waals surface area contributed by atoms with Gasteiger partial charge in [0.05, 0.1) is 21.2 Å². The van der Waals surface area contributed by atoms with E-state index in [1.165, 1.54) is 43.4 Å². The Bertz CT molecular complexity index is 1450. The summed E-state index contributed by atoms with van der Waals surface area (Å²) in [7, 11) is -3.20. The lowest BCUT2D eigenvalue weighted by molar-refractivity contribution is -0.140. The average molecular weight is 600 g/mol. The molecule has 1 atom stereocenters. The molecule has 3 aromatic rings. The Balaban J connectivity index is 2.13. The summed E-state index contributed by atoms with van der Waals surface area (Å²) in [4.78, 5) is 27.3. The highest BCUT2D eigenvalue weighted by Gasteiger charge is 2.37. The number of rotatable bonds is 10. The highest BCUT2D eigenvalue weighted by Crippen LogP contribution is 2.38. The first-order valence-electron chi connectivity index (χ1n) is 12.0. The Morgan fingerprint density at radius 3 is 2.17 bits per heavy atom. The number of alkyl halides is 3. The molecule has 13 heteroatoms. The number of carbonyl (C=O) groups excluding carboxylic acids is 2. The maximum Gasteiger partial charge on any atom is 0.417 e. The molecule has 0 spiro atoms. The minimum Gasteiger partial charge on any atom is -0.357 e. The third-order valence-corrected chi connectivity index (χ3v) is 8.17. The summed E-state index contributed by atoms with van der Waals surface area (Å²) in [6, 6.07) is 13.5. The van der Waals surface area contributed by atoms with Gasteiger partial charge in [0.2, 0.25) is 11.8 Å². The molecular weight excluding hydrogens is 574 g/mol. The largest absolute Gasteiger partial charge is 0.417 e.